The van der Waals surface area contributed by atoms with Gasteiger partial charge >= 0.3 is 11.9 Å². The van der Waals surface area contributed by atoms with E-state index in [0.29, 0.717) is 25.7 Å². The topological polar surface area (TPSA) is 91.7 Å². The van der Waals surface area contributed by atoms with Crippen LogP contribution in [0.15, 0.2) is 0 Å². The Balaban J connectivity index is 2.05. The van der Waals surface area contributed by atoms with Crippen LogP contribution >= 0.6 is 0 Å². The predicted molar refractivity (Wildman–Crippen MR) is 82.7 cm³/mol. The highest BCUT2D eigenvalue weighted by Gasteiger charge is 2.49. The Labute approximate surface area is 132 Å². The Morgan fingerprint density at radius 3 is 1.95 bits per heavy atom. The third kappa shape index (κ3) is 5.78. The number of ketones is 1. The number of Topliss-reactive ketones (excluding diaryl/α,β-unsaturated/α-hetero) is 1. The molecule has 0 aliphatic heterocycles. The second kappa shape index (κ2) is 7.75. The first-order valence-electron chi connectivity index (χ1n) is 8.18. The number of carbonyl (C=O) groups is 3. The number of carboxylic acids is 2. The SMILES string of the molecule is CC(C)(CCCCC(=O)CCCCC1(C(=O)O)CC1)C(=O)O. The summed E-state index contributed by atoms with van der Waals surface area (Å²) in [6.45, 7) is 3.40. The Morgan fingerprint density at radius 2 is 1.50 bits per heavy atom. The smallest absolute Gasteiger partial charge is 0.309 e. The fraction of sp³-hybridized carbons (Fsp3) is 0.824. The van der Waals surface area contributed by atoms with Crippen molar-refractivity contribution in [1.82, 2.24) is 0 Å². The van der Waals surface area contributed by atoms with Crippen molar-refractivity contribution in [2.24, 2.45) is 10.8 Å². The van der Waals surface area contributed by atoms with Gasteiger partial charge in [0, 0.05) is 12.8 Å². The van der Waals surface area contributed by atoms with Gasteiger partial charge in [-0.05, 0) is 52.4 Å². The van der Waals surface area contributed by atoms with Crippen molar-refractivity contribution in [2.45, 2.75) is 78.1 Å². The van der Waals surface area contributed by atoms with E-state index in [0.717, 1.165) is 38.5 Å². The number of unbranched alkanes of at least 4 members (excludes halogenated alkanes) is 2. The summed E-state index contributed by atoms with van der Waals surface area (Å²) in [4.78, 5) is 33.7. The largest absolute Gasteiger partial charge is 0.481 e. The second-order valence-corrected chi connectivity index (χ2v) is 7.23. The van der Waals surface area contributed by atoms with Crippen LogP contribution in [-0.2, 0) is 14.4 Å². The second-order valence-electron chi connectivity index (χ2n) is 7.23. The van der Waals surface area contributed by atoms with Gasteiger partial charge in [-0.1, -0.05) is 12.8 Å². The number of aliphatic carboxylic acids is 2. The molecule has 1 rings (SSSR count). The molecule has 22 heavy (non-hydrogen) atoms. The normalized spacial score (nSPS) is 16.3. The lowest BCUT2D eigenvalue weighted by molar-refractivity contribution is -0.147. The molecule has 1 aliphatic carbocycles. The number of rotatable bonds is 12. The van der Waals surface area contributed by atoms with Gasteiger partial charge in [0.15, 0.2) is 0 Å². The first kappa shape index (κ1) is 18.7. The molecule has 0 aromatic rings. The fourth-order valence-corrected chi connectivity index (χ4v) is 2.63. The fourth-order valence-electron chi connectivity index (χ4n) is 2.63. The van der Waals surface area contributed by atoms with Crippen molar-refractivity contribution in [2.75, 3.05) is 0 Å². The maximum Gasteiger partial charge on any atom is 0.309 e. The molecule has 1 saturated carbocycles. The maximum atomic E-state index is 11.7. The molecular weight excluding hydrogens is 284 g/mol. The first-order valence-corrected chi connectivity index (χ1v) is 8.18. The number of carboxylic acid groups (broad SMARTS) is 2. The standard InChI is InChI=1S/C17H28O5/c1-16(2,14(19)20)9-5-3-7-13(18)8-4-6-10-17(11-12-17)15(21)22/h3-12H2,1-2H3,(H,19,20)(H,21,22). The summed E-state index contributed by atoms with van der Waals surface area (Å²) in [5.74, 6) is -1.29. The molecule has 0 amide bonds. The average molecular weight is 312 g/mol. The monoisotopic (exact) mass is 312 g/mol. The van der Waals surface area contributed by atoms with Crippen LogP contribution in [0.25, 0.3) is 0 Å². The van der Waals surface area contributed by atoms with E-state index in [-0.39, 0.29) is 5.78 Å². The lowest BCUT2D eigenvalue weighted by Crippen LogP contribution is -2.23. The van der Waals surface area contributed by atoms with Crippen molar-refractivity contribution in [3.05, 3.63) is 0 Å². The summed E-state index contributed by atoms with van der Waals surface area (Å²) in [5.41, 5.74) is -1.20. The molecule has 0 atom stereocenters. The Kier molecular flexibility index (Phi) is 6.57. The minimum Gasteiger partial charge on any atom is -0.481 e. The van der Waals surface area contributed by atoms with E-state index in [2.05, 4.69) is 0 Å². The molecule has 0 aromatic carbocycles. The summed E-state index contributed by atoms with van der Waals surface area (Å²) in [6.07, 6.45) is 6.85. The molecule has 0 bridgehead atoms. The molecule has 5 heteroatoms. The van der Waals surface area contributed by atoms with Crippen LogP contribution in [0.1, 0.15) is 78.1 Å². The lowest BCUT2D eigenvalue weighted by Gasteiger charge is -2.18. The highest BCUT2D eigenvalue weighted by Crippen LogP contribution is 2.50. The van der Waals surface area contributed by atoms with Gasteiger partial charge in [-0.2, -0.15) is 0 Å². The van der Waals surface area contributed by atoms with E-state index in [1.54, 1.807) is 13.8 Å². The minimum atomic E-state index is -0.800. The highest BCUT2D eigenvalue weighted by atomic mass is 16.4. The molecule has 0 spiro atoms. The molecule has 126 valence electrons. The highest BCUT2D eigenvalue weighted by molar-refractivity contribution is 5.78. The molecule has 5 nitrogen and oxygen atoms in total. The van der Waals surface area contributed by atoms with Crippen molar-refractivity contribution in [1.29, 1.82) is 0 Å². The first-order chi connectivity index (χ1) is 10.2. The van der Waals surface area contributed by atoms with Gasteiger partial charge in [0.2, 0.25) is 0 Å². The summed E-state index contributed by atoms with van der Waals surface area (Å²) in [5, 5.41) is 18.0. The predicted octanol–water partition coefficient (Wildman–Crippen LogP) is 3.65. The van der Waals surface area contributed by atoms with Gasteiger partial charge in [0.1, 0.15) is 5.78 Å². The molecule has 1 aliphatic rings. The van der Waals surface area contributed by atoms with Gasteiger partial charge in [0.25, 0.3) is 0 Å². The molecular formula is C17H28O5. The van der Waals surface area contributed by atoms with Crippen molar-refractivity contribution >= 4 is 17.7 Å². The van der Waals surface area contributed by atoms with Gasteiger partial charge in [-0.15, -0.1) is 0 Å². The zero-order valence-corrected chi connectivity index (χ0v) is 13.7. The summed E-state index contributed by atoms with van der Waals surface area (Å²) >= 11 is 0. The number of hydrogen-bond acceptors (Lipinski definition) is 3. The van der Waals surface area contributed by atoms with Crippen LogP contribution in [0.2, 0.25) is 0 Å². The van der Waals surface area contributed by atoms with Crippen LogP contribution in [-0.4, -0.2) is 27.9 Å². The lowest BCUT2D eigenvalue weighted by atomic mass is 9.87. The molecule has 0 aromatic heterocycles. The minimum absolute atomic E-state index is 0.202. The van der Waals surface area contributed by atoms with Crippen molar-refractivity contribution in [3.63, 3.8) is 0 Å². The van der Waals surface area contributed by atoms with Crippen LogP contribution < -0.4 is 0 Å². The van der Waals surface area contributed by atoms with E-state index < -0.39 is 22.8 Å². The number of carbonyl (C=O) groups excluding carboxylic acids is 1. The van der Waals surface area contributed by atoms with E-state index in [4.69, 9.17) is 10.2 Å². The molecule has 0 heterocycles. The van der Waals surface area contributed by atoms with Crippen LogP contribution in [0.3, 0.4) is 0 Å². The van der Waals surface area contributed by atoms with Crippen LogP contribution in [0, 0.1) is 10.8 Å². The van der Waals surface area contributed by atoms with E-state index >= 15 is 0 Å². The molecule has 2 N–H and O–H groups in total. The van der Waals surface area contributed by atoms with Gasteiger partial charge < -0.3 is 10.2 Å². The van der Waals surface area contributed by atoms with Crippen molar-refractivity contribution in [3.8, 4) is 0 Å². The maximum absolute atomic E-state index is 11.7. The van der Waals surface area contributed by atoms with Crippen molar-refractivity contribution < 1.29 is 24.6 Å². The summed E-state index contributed by atoms with van der Waals surface area (Å²) in [6, 6.07) is 0. The van der Waals surface area contributed by atoms with Crippen LogP contribution in [0.4, 0.5) is 0 Å². The molecule has 0 unspecified atom stereocenters. The molecule has 1 fully saturated rings. The Hall–Kier alpha value is -1.39. The average Bonchev–Trinajstić information content (AvgIpc) is 3.21. The molecule has 0 saturated heterocycles. The van der Waals surface area contributed by atoms with Gasteiger partial charge in [-0.25, -0.2) is 0 Å². The third-order valence-electron chi connectivity index (χ3n) is 4.75. The molecule has 0 radical (unpaired) electrons. The van der Waals surface area contributed by atoms with Gasteiger partial charge in [-0.3, -0.25) is 14.4 Å². The van der Waals surface area contributed by atoms with E-state index in [1.165, 1.54) is 0 Å². The van der Waals surface area contributed by atoms with E-state index in [9.17, 15) is 14.4 Å². The zero-order chi connectivity index (χ0) is 16.8. The third-order valence-corrected chi connectivity index (χ3v) is 4.75. The number of hydrogen-bond donors (Lipinski definition) is 2. The Morgan fingerprint density at radius 1 is 0.955 bits per heavy atom. The summed E-state index contributed by atoms with van der Waals surface area (Å²) in [7, 11) is 0. The Bertz CT molecular complexity index is 395. The van der Waals surface area contributed by atoms with Gasteiger partial charge in [0.05, 0.1) is 10.8 Å². The zero-order valence-electron chi connectivity index (χ0n) is 13.7. The quantitative estimate of drug-likeness (QED) is 0.537. The van der Waals surface area contributed by atoms with E-state index in [1.807, 2.05) is 0 Å². The van der Waals surface area contributed by atoms with Crippen LogP contribution in [0.5, 0.6) is 0 Å². The summed E-state index contributed by atoms with van der Waals surface area (Å²) < 4.78 is 0.